The minimum atomic E-state index is -0.701. The normalized spacial score (nSPS) is 10.5. The molecule has 0 aromatic carbocycles. The molecule has 0 aliphatic carbocycles. The van der Waals surface area contributed by atoms with Gasteiger partial charge in [-0.2, -0.15) is 0 Å². The van der Waals surface area contributed by atoms with Gasteiger partial charge in [0.15, 0.2) is 5.76 Å². The molecule has 1 amide bonds. The van der Waals surface area contributed by atoms with Crippen LogP contribution < -0.4 is 10.6 Å². The summed E-state index contributed by atoms with van der Waals surface area (Å²) in [6, 6.07) is 4.14. The number of aromatic nitrogens is 4. The lowest BCUT2D eigenvalue weighted by Crippen LogP contribution is -2.28. The fourth-order valence-corrected chi connectivity index (χ4v) is 2.20. The van der Waals surface area contributed by atoms with Crippen LogP contribution in [0.1, 0.15) is 16.4 Å². The predicted molar refractivity (Wildman–Crippen MR) is 90.1 cm³/mol. The Morgan fingerprint density at radius 1 is 1.31 bits per heavy atom. The van der Waals surface area contributed by atoms with Crippen LogP contribution in [0.25, 0.3) is 5.82 Å². The number of furan rings is 1. The molecule has 0 radical (unpaired) electrons. The van der Waals surface area contributed by atoms with Gasteiger partial charge in [-0.25, -0.2) is 15.0 Å². The number of aryl methyl sites for hydroxylation is 1. The number of anilines is 1. The molecular weight excluding hydrogens is 342 g/mol. The van der Waals surface area contributed by atoms with E-state index < -0.39 is 16.7 Å². The third-order valence-electron chi connectivity index (χ3n) is 3.44. The van der Waals surface area contributed by atoms with E-state index in [9.17, 15) is 14.9 Å². The van der Waals surface area contributed by atoms with Crippen LogP contribution in [0.4, 0.5) is 11.7 Å². The quantitative estimate of drug-likeness (QED) is 0.366. The van der Waals surface area contributed by atoms with Gasteiger partial charge in [-0.3, -0.25) is 19.5 Å². The number of hydrogen-bond donors (Lipinski definition) is 2. The van der Waals surface area contributed by atoms with Gasteiger partial charge < -0.3 is 15.1 Å². The standard InChI is InChI=1S/C15H15N7O4/c1-10-16-6-7-21(10)13-8-12(19-9-20-13)17-4-5-18-15(23)11-2-3-14(26-11)22(24)25/h2-3,6-9H,4-5H2,1H3,(H,18,23)(H,17,19,20). The summed E-state index contributed by atoms with van der Waals surface area (Å²) in [5.74, 6) is 0.940. The van der Waals surface area contributed by atoms with Crippen LogP contribution in [0.5, 0.6) is 0 Å². The molecule has 0 saturated heterocycles. The first-order valence-corrected chi connectivity index (χ1v) is 7.63. The molecule has 0 aliphatic rings. The smallest absolute Gasteiger partial charge is 0.395 e. The van der Waals surface area contributed by atoms with Crippen molar-refractivity contribution in [3.63, 3.8) is 0 Å². The van der Waals surface area contributed by atoms with Crippen molar-refractivity contribution in [1.82, 2.24) is 24.8 Å². The van der Waals surface area contributed by atoms with Crippen LogP contribution >= 0.6 is 0 Å². The van der Waals surface area contributed by atoms with E-state index in [-0.39, 0.29) is 12.3 Å². The van der Waals surface area contributed by atoms with Crippen molar-refractivity contribution in [3.05, 3.63) is 58.6 Å². The molecule has 26 heavy (non-hydrogen) atoms. The molecule has 0 aliphatic heterocycles. The maximum Gasteiger partial charge on any atom is 0.433 e. The highest BCUT2D eigenvalue weighted by Gasteiger charge is 2.16. The van der Waals surface area contributed by atoms with E-state index in [1.807, 2.05) is 11.5 Å². The summed E-state index contributed by atoms with van der Waals surface area (Å²) in [6.45, 7) is 2.54. The Morgan fingerprint density at radius 3 is 2.85 bits per heavy atom. The summed E-state index contributed by atoms with van der Waals surface area (Å²) in [6.07, 6.45) is 4.90. The maximum absolute atomic E-state index is 11.8. The van der Waals surface area contributed by atoms with Crippen molar-refractivity contribution in [1.29, 1.82) is 0 Å². The first-order valence-electron chi connectivity index (χ1n) is 7.63. The van der Waals surface area contributed by atoms with Gasteiger partial charge in [-0.1, -0.05) is 0 Å². The number of hydrogen-bond acceptors (Lipinski definition) is 8. The summed E-state index contributed by atoms with van der Waals surface area (Å²) in [4.78, 5) is 34.1. The SMILES string of the molecule is Cc1nccn1-c1cc(NCCNC(=O)c2ccc([N+](=O)[O-])o2)ncn1. The molecule has 3 aromatic rings. The van der Waals surface area contributed by atoms with Gasteiger partial charge >= 0.3 is 5.88 Å². The van der Waals surface area contributed by atoms with Gasteiger partial charge in [-0.15, -0.1) is 0 Å². The molecule has 0 atom stereocenters. The molecule has 3 heterocycles. The molecule has 11 nitrogen and oxygen atoms in total. The molecule has 2 N–H and O–H groups in total. The molecule has 0 unspecified atom stereocenters. The second kappa shape index (κ2) is 7.42. The molecule has 3 aromatic heterocycles. The van der Waals surface area contributed by atoms with Gasteiger partial charge in [0, 0.05) is 31.5 Å². The first kappa shape index (κ1) is 17.1. The zero-order chi connectivity index (χ0) is 18.5. The fraction of sp³-hybridized carbons (Fsp3) is 0.200. The van der Waals surface area contributed by atoms with Crippen molar-refractivity contribution in [2.24, 2.45) is 0 Å². The van der Waals surface area contributed by atoms with Gasteiger partial charge in [-0.05, 0) is 13.0 Å². The minimum absolute atomic E-state index is 0.114. The molecule has 0 bridgehead atoms. The summed E-state index contributed by atoms with van der Waals surface area (Å²) in [5.41, 5.74) is 0. The van der Waals surface area contributed by atoms with E-state index in [0.717, 1.165) is 11.9 Å². The highest BCUT2D eigenvalue weighted by Crippen LogP contribution is 2.15. The Morgan fingerprint density at radius 2 is 2.15 bits per heavy atom. The number of carbonyl (C=O) groups is 1. The average Bonchev–Trinajstić information content (AvgIpc) is 3.28. The van der Waals surface area contributed by atoms with Gasteiger partial charge in [0.05, 0.1) is 6.07 Å². The third kappa shape index (κ3) is 3.83. The van der Waals surface area contributed by atoms with Gasteiger partial charge in [0.2, 0.25) is 0 Å². The second-order valence-electron chi connectivity index (χ2n) is 5.18. The monoisotopic (exact) mass is 357 g/mol. The maximum atomic E-state index is 11.8. The number of nitro groups is 1. The topological polar surface area (TPSA) is 141 Å². The molecule has 11 heteroatoms. The number of amides is 1. The van der Waals surface area contributed by atoms with Crippen LogP contribution in [0, 0.1) is 17.0 Å². The molecule has 0 fully saturated rings. The van der Waals surface area contributed by atoms with Crippen molar-refractivity contribution >= 4 is 17.6 Å². The van der Waals surface area contributed by atoms with Crippen LogP contribution in [-0.2, 0) is 0 Å². The Labute approximate surface area is 147 Å². The van der Waals surface area contributed by atoms with E-state index in [2.05, 4.69) is 25.6 Å². The lowest BCUT2D eigenvalue weighted by Gasteiger charge is -2.08. The van der Waals surface area contributed by atoms with Crippen molar-refractivity contribution in [3.8, 4) is 5.82 Å². The molecule has 3 rings (SSSR count). The number of nitrogens with one attached hydrogen (secondary N) is 2. The minimum Gasteiger partial charge on any atom is -0.395 e. The first-order chi connectivity index (χ1) is 12.5. The second-order valence-corrected chi connectivity index (χ2v) is 5.18. The zero-order valence-electron chi connectivity index (χ0n) is 13.7. The highest BCUT2D eigenvalue weighted by atomic mass is 16.6. The third-order valence-corrected chi connectivity index (χ3v) is 3.44. The van der Waals surface area contributed by atoms with Crippen LogP contribution in [-0.4, -0.2) is 43.4 Å². The average molecular weight is 357 g/mol. The summed E-state index contributed by atoms with van der Waals surface area (Å²) >= 11 is 0. The summed E-state index contributed by atoms with van der Waals surface area (Å²) < 4.78 is 6.65. The number of nitrogens with zero attached hydrogens (tertiary/aromatic N) is 5. The molecule has 0 spiro atoms. The van der Waals surface area contributed by atoms with Crippen molar-refractivity contribution in [2.45, 2.75) is 6.92 Å². The Bertz CT molecular complexity index is 933. The van der Waals surface area contributed by atoms with Gasteiger partial charge in [0.1, 0.15) is 28.7 Å². The van der Waals surface area contributed by atoms with Crippen molar-refractivity contribution < 1.29 is 14.1 Å². The van der Waals surface area contributed by atoms with Gasteiger partial charge in [0.25, 0.3) is 5.91 Å². The number of rotatable bonds is 7. The van der Waals surface area contributed by atoms with E-state index in [4.69, 9.17) is 4.42 Å². The van der Waals surface area contributed by atoms with Crippen LogP contribution in [0.3, 0.4) is 0 Å². The predicted octanol–water partition coefficient (Wildman–Crippen LogP) is 1.31. The van der Waals surface area contributed by atoms with Crippen molar-refractivity contribution in [2.75, 3.05) is 18.4 Å². The fourth-order valence-electron chi connectivity index (χ4n) is 2.20. The Hall–Kier alpha value is -3.76. The van der Waals surface area contributed by atoms with E-state index in [1.54, 1.807) is 18.5 Å². The Balaban J connectivity index is 1.51. The van der Waals surface area contributed by atoms with E-state index in [0.29, 0.717) is 18.2 Å². The summed E-state index contributed by atoms with van der Waals surface area (Å²) in [7, 11) is 0. The lowest BCUT2D eigenvalue weighted by atomic mass is 10.4. The number of imidazole rings is 1. The summed E-state index contributed by atoms with van der Waals surface area (Å²) in [5, 5.41) is 16.2. The molecule has 134 valence electrons. The molecule has 0 saturated carbocycles. The zero-order valence-corrected chi connectivity index (χ0v) is 13.7. The molecular formula is C15H15N7O4. The largest absolute Gasteiger partial charge is 0.433 e. The Kier molecular flexibility index (Phi) is 4.87. The van der Waals surface area contributed by atoms with E-state index in [1.165, 1.54) is 12.4 Å². The number of carbonyl (C=O) groups excluding carboxylic acids is 1. The van der Waals surface area contributed by atoms with E-state index >= 15 is 0 Å². The van der Waals surface area contributed by atoms with Crippen LogP contribution in [0.2, 0.25) is 0 Å². The van der Waals surface area contributed by atoms with Crippen LogP contribution in [0.15, 0.2) is 41.3 Å². The highest BCUT2D eigenvalue weighted by molar-refractivity contribution is 5.91. The lowest BCUT2D eigenvalue weighted by molar-refractivity contribution is -0.402.